The number of rotatable bonds is 46. The number of aliphatic hydroxyl groups excluding tert-OH is 1. The molecule has 360 valence electrons. The summed E-state index contributed by atoms with van der Waals surface area (Å²) >= 11 is 0. The summed E-state index contributed by atoms with van der Waals surface area (Å²) in [4.78, 5) is 55.4. The molecule has 0 bridgehead atoms. The van der Waals surface area contributed by atoms with Gasteiger partial charge in [-0.25, -0.2) is 0 Å². The fourth-order valence-electron chi connectivity index (χ4n) is 7.82. The first kappa shape index (κ1) is 58.8. The lowest BCUT2D eigenvalue weighted by Crippen LogP contribution is -2.37. The molecule has 0 rings (SSSR count). The van der Waals surface area contributed by atoms with Crippen LogP contribution in [0.3, 0.4) is 0 Å². The number of amides is 1. The molecular weight excluding hydrogens is 769 g/mol. The number of hydrogen-bond acceptors (Lipinski definition) is 9. The first-order valence-electron chi connectivity index (χ1n) is 25.8. The highest BCUT2D eigenvalue weighted by atomic mass is 16.6. The molecule has 1 N–H and O–H groups in total. The van der Waals surface area contributed by atoms with Gasteiger partial charge in [0, 0.05) is 51.9 Å². The maximum absolute atomic E-state index is 13.2. The Morgan fingerprint density at radius 1 is 0.443 bits per heavy atom. The van der Waals surface area contributed by atoms with Crippen LogP contribution in [0.2, 0.25) is 0 Å². The van der Waals surface area contributed by atoms with Gasteiger partial charge in [0.2, 0.25) is 5.91 Å². The number of hydrogen-bond donors (Lipinski definition) is 1. The number of likely N-dealkylation sites (N-methyl/N-ethyl adjacent to an activating group) is 1. The SMILES string of the molecule is CCCCCCCCC(CCCCCC)OC(=O)CCCCC(=O)OC(COC(=O)CCCCCCC(=O)N(CCCCCCCC)CCCCCCCC)CN(C)CCO. The Morgan fingerprint density at radius 2 is 0.820 bits per heavy atom. The first-order valence-corrected chi connectivity index (χ1v) is 25.8. The average molecular weight is 867 g/mol. The second-order valence-electron chi connectivity index (χ2n) is 17.8. The molecule has 61 heavy (non-hydrogen) atoms. The summed E-state index contributed by atoms with van der Waals surface area (Å²) in [5.74, 6) is -0.639. The van der Waals surface area contributed by atoms with Crippen molar-refractivity contribution in [3.05, 3.63) is 0 Å². The molecule has 0 aliphatic carbocycles. The number of unbranched alkanes of at least 4 members (excludes halogenated alkanes) is 22. The molecule has 0 aromatic rings. The maximum atomic E-state index is 13.2. The van der Waals surface area contributed by atoms with E-state index in [9.17, 15) is 24.3 Å². The van der Waals surface area contributed by atoms with Crippen molar-refractivity contribution in [1.82, 2.24) is 9.80 Å². The summed E-state index contributed by atoms with van der Waals surface area (Å²) in [6.07, 6.45) is 33.4. The van der Waals surface area contributed by atoms with Gasteiger partial charge < -0.3 is 29.1 Å². The van der Waals surface area contributed by atoms with Gasteiger partial charge in [0.15, 0.2) is 0 Å². The van der Waals surface area contributed by atoms with Gasteiger partial charge in [-0.05, 0) is 71.3 Å². The van der Waals surface area contributed by atoms with Gasteiger partial charge in [-0.2, -0.15) is 0 Å². The molecule has 0 aromatic carbocycles. The van der Waals surface area contributed by atoms with E-state index in [-0.39, 0.29) is 56.4 Å². The predicted molar refractivity (Wildman–Crippen MR) is 252 cm³/mol. The maximum Gasteiger partial charge on any atom is 0.306 e. The summed E-state index contributed by atoms with van der Waals surface area (Å²) in [5, 5.41) is 9.40. The molecule has 0 spiro atoms. The molecule has 0 saturated heterocycles. The van der Waals surface area contributed by atoms with Crippen molar-refractivity contribution >= 4 is 23.8 Å². The third-order valence-electron chi connectivity index (χ3n) is 11.7. The summed E-state index contributed by atoms with van der Waals surface area (Å²) in [6.45, 7) is 11.3. The molecule has 0 radical (unpaired) electrons. The standard InChI is InChI=1S/C51H98N2O8/c1-6-10-14-18-21-27-35-46(34-26-17-13-9-4)60-50(57)38-30-31-39-51(58)61-47(44-52(5)42-43-54)45-59-49(56)37-29-23-22-28-36-48(55)53(40-32-24-19-15-11-7-2)41-33-25-20-16-12-8-3/h46-47,54H,6-45H2,1-5H3. The summed E-state index contributed by atoms with van der Waals surface area (Å²) < 4.78 is 17.2. The normalized spacial score (nSPS) is 12.4. The Bertz CT molecular complexity index is 1010. The van der Waals surface area contributed by atoms with Crippen molar-refractivity contribution in [1.29, 1.82) is 0 Å². The second kappa shape index (κ2) is 44.4. The number of carbonyl (C=O) groups is 4. The van der Waals surface area contributed by atoms with E-state index in [1.807, 2.05) is 11.9 Å². The van der Waals surface area contributed by atoms with E-state index in [2.05, 4.69) is 32.6 Å². The Hall–Kier alpha value is -2.20. The monoisotopic (exact) mass is 867 g/mol. The highest BCUT2D eigenvalue weighted by molar-refractivity contribution is 5.76. The molecule has 10 nitrogen and oxygen atoms in total. The van der Waals surface area contributed by atoms with Gasteiger partial charge in [-0.15, -0.1) is 0 Å². The van der Waals surface area contributed by atoms with Crippen molar-refractivity contribution in [3.63, 3.8) is 0 Å². The van der Waals surface area contributed by atoms with E-state index in [0.717, 1.165) is 70.9 Å². The van der Waals surface area contributed by atoms with Crippen LogP contribution in [0.1, 0.15) is 246 Å². The van der Waals surface area contributed by atoms with Crippen LogP contribution < -0.4 is 0 Å². The minimum absolute atomic E-state index is 0.0224. The highest BCUT2D eigenvalue weighted by Crippen LogP contribution is 2.18. The summed E-state index contributed by atoms with van der Waals surface area (Å²) in [7, 11) is 1.82. The zero-order chi connectivity index (χ0) is 45.0. The minimum atomic E-state index is -0.657. The number of ether oxygens (including phenoxy) is 3. The zero-order valence-corrected chi connectivity index (χ0v) is 40.6. The summed E-state index contributed by atoms with van der Waals surface area (Å²) in [5.41, 5.74) is 0. The van der Waals surface area contributed by atoms with Gasteiger partial charge in [-0.1, -0.05) is 156 Å². The van der Waals surface area contributed by atoms with Crippen LogP contribution in [0, 0.1) is 0 Å². The topological polar surface area (TPSA) is 123 Å². The molecular formula is C51H98N2O8. The predicted octanol–water partition coefficient (Wildman–Crippen LogP) is 12.4. The van der Waals surface area contributed by atoms with E-state index in [4.69, 9.17) is 14.2 Å². The molecule has 0 saturated carbocycles. The second-order valence-corrected chi connectivity index (χ2v) is 17.8. The van der Waals surface area contributed by atoms with Gasteiger partial charge in [-0.3, -0.25) is 19.2 Å². The van der Waals surface area contributed by atoms with E-state index in [1.165, 1.54) is 116 Å². The van der Waals surface area contributed by atoms with E-state index < -0.39 is 12.1 Å². The van der Waals surface area contributed by atoms with Crippen LogP contribution in [0.4, 0.5) is 0 Å². The molecule has 0 aromatic heterocycles. The number of nitrogens with zero attached hydrogens (tertiary/aromatic N) is 2. The smallest absolute Gasteiger partial charge is 0.306 e. The van der Waals surface area contributed by atoms with Crippen molar-refractivity contribution in [2.75, 3.05) is 46.4 Å². The Labute approximate surface area is 375 Å². The van der Waals surface area contributed by atoms with Crippen LogP contribution in [-0.2, 0) is 33.4 Å². The van der Waals surface area contributed by atoms with Crippen molar-refractivity contribution < 1.29 is 38.5 Å². The summed E-state index contributed by atoms with van der Waals surface area (Å²) in [6, 6.07) is 0. The third kappa shape index (κ3) is 39.2. The molecule has 0 heterocycles. The molecule has 0 fully saturated rings. The first-order chi connectivity index (χ1) is 29.7. The van der Waals surface area contributed by atoms with Gasteiger partial charge in [0.1, 0.15) is 18.8 Å². The number of esters is 3. The number of aliphatic hydroxyl groups is 1. The lowest BCUT2D eigenvalue weighted by molar-refractivity contribution is -0.160. The lowest BCUT2D eigenvalue weighted by Gasteiger charge is -2.23. The van der Waals surface area contributed by atoms with E-state index >= 15 is 0 Å². The van der Waals surface area contributed by atoms with Crippen LogP contribution >= 0.6 is 0 Å². The van der Waals surface area contributed by atoms with Crippen LogP contribution in [0.5, 0.6) is 0 Å². The van der Waals surface area contributed by atoms with Gasteiger partial charge in [0.25, 0.3) is 0 Å². The highest BCUT2D eigenvalue weighted by Gasteiger charge is 2.20. The van der Waals surface area contributed by atoms with Crippen molar-refractivity contribution in [2.24, 2.45) is 0 Å². The van der Waals surface area contributed by atoms with Crippen LogP contribution in [0.15, 0.2) is 0 Å². The van der Waals surface area contributed by atoms with E-state index in [1.54, 1.807) is 0 Å². The fraction of sp³-hybridized carbons (Fsp3) is 0.922. The quantitative estimate of drug-likeness (QED) is 0.0362. The minimum Gasteiger partial charge on any atom is -0.462 e. The Morgan fingerprint density at radius 3 is 1.31 bits per heavy atom. The molecule has 0 aliphatic rings. The Kier molecular flexibility index (Phi) is 42.8. The fourth-order valence-corrected chi connectivity index (χ4v) is 7.82. The molecule has 2 unspecified atom stereocenters. The molecule has 1 amide bonds. The third-order valence-corrected chi connectivity index (χ3v) is 11.7. The zero-order valence-electron chi connectivity index (χ0n) is 40.6. The molecule has 2 atom stereocenters. The van der Waals surface area contributed by atoms with Crippen LogP contribution in [0.25, 0.3) is 0 Å². The van der Waals surface area contributed by atoms with Crippen molar-refractivity contribution in [2.45, 2.75) is 258 Å². The lowest BCUT2D eigenvalue weighted by atomic mass is 10.0. The average Bonchev–Trinajstić information content (AvgIpc) is 3.24. The molecule has 0 aliphatic heterocycles. The van der Waals surface area contributed by atoms with Crippen molar-refractivity contribution in [3.8, 4) is 0 Å². The Balaban J connectivity index is 4.65. The van der Waals surface area contributed by atoms with Crippen LogP contribution in [-0.4, -0.2) is 97.4 Å². The largest absolute Gasteiger partial charge is 0.462 e. The van der Waals surface area contributed by atoms with Gasteiger partial charge in [0.05, 0.1) is 6.61 Å². The molecule has 10 heteroatoms. The number of carbonyl (C=O) groups excluding carboxylic acids is 4. The van der Waals surface area contributed by atoms with Gasteiger partial charge >= 0.3 is 17.9 Å². The van der Waals surface area contributed by atoms with E-state index in [0.29, 0.717) is 38.8 Å².